The van der Waals surface area contributed by atoms with Gasteiger partial charge in [0.25, 0.3) is 5.91 Å². The van der Waals surface area contributed by atoms with Crippen LogP contribution in [0.2, 0.25) is 0 Å². The first-order valence-electron chi connectivity index (χ1n) is 13.0. The van der Waals surface area contributed by atoms with Gasteiger partial charge >= 0.3 is 12.1 Å². The SMILES string of the molecule is O=C(NOC1CCCCO1)C1(S(=O)(=O)N2CCN(c3cnc(CCC(F)(F)C(F)(F)F)cn3)CC2)CCOCC1. The normalized spacial score (nSPS) is 23.1. The topological polar surface area (TPSA) is 123 Å². The van der Waals surface area contributed by atoms with Gasteiger partial charge < -0.3 is 14.4 Å². The Morgan fingerprint density at radius 1 is 1.05 bits per heavy atom. The van der Waals surface area contributed by atoms with Gasteiger partial charge in [-0.15, -0.1) is 0 Å². The largest absolute Gasteiger partial charge is 0.453 e. The van der Waals surface area contributed by atoms with Gasteiger partial charge in [-0.05, 0) is 19.3 Å². The molecule has 1 amide bonds. The zero-order chi connectivity index (χ0) is 29.0. The molecular weight excluding hydrogens is 569 g/mol. The van der Waals surface area contributed by atoms with Crippen LogP contribution in [0.5, 0.6) is 0 Å². The third kappa shape index (κ3) is 6.64. The van der Waals surface area contributed by atoms with Crippen molar-refractivity contribution >= 4 is 21.7 Å². The number of aryl methyl sites for hydroxylation is 1. The summed E-state index contributed by atoms with van der Waals surface area (Å²) in [6, 6.07) is 0. The van der Waals surface area contributed by atoms with E-state index in [2.05, 4.69) is 15.4 Å². The second-order valence-electron chi connectivity index (χ2n) is 9.91. The van der Waals surface area contributed by atoms with Crippen molar-refractivity contribution in [2.75, 3.05) is 50.9 Å². The van der Waals surface area contributed by atoms with E-state index in [1.54, 1.807) is 4.90 Å². The smallest absolute Gasteiger partial charge is 0.381 e. The Kier molecular flexibility index (Phi) is 9.49. The summed E-state index contributed by atoms with van der Waals surface area (Å²) in [7, 11) is -4.15. The van der Waals surface area contributed by atoms with Crippen LogP contribution in [-0.4, -0.2) is 97.7 Å². The summed E-state index contributed by atoms with van der Waals surface area (Å²) < 4.78 is 101. The lowest BCUT2D eigenvalue weighted by Crippen LogP contribution is -2.62. The molecule has 11 nitrogen and oxygen atoms in total. The highest BCUT2D eigenvalue weighted by molar-refractivity contribution is 7.91. The van der Waals surface area contributed by atoms with Gasteiger partial charge in [-0.1, -0.05) is 0 Å². The summed E-state index contributed by atoms with van der Waals surface area (Å²) in [5.41, 5.74) is 2.29. The van der Waals surface area contributed by atoms with Crippen molar-refractivity contribution in [3.63, 3.8) is 0 Å². The van der Waals surface area contributed by atoms with Crippen LogP contribution in [0, 0.1) is 0 Å². The molecule has 0 spiro atoms. The Balaban J connectivity index is 1.36. The van der Waals surface area contributed by atoms with E-state index in [1.165, 1.54) is 10.5 Å². The number of ether oxygens (including phenoxy) is 2. The maximum atomic E-state index is 13.8. The molecule has 3 fully saturated rings. The molecular formula is C23H32F5N5O6S. The van der Waals surface area contributed by atoms with E-state index in [1.807, 2.05) is 0 Å². The van der Waals surface area contributed by atoms with Gasteiger partial charge in [-0.3, -0.25) is 9.78 Å². The van der Waals surface area contributed by atoms with E-state index in [-0.39, 0.29) is 57.9 Å². The van der Waals surface area contributed by atoms with Crippen molar-refractivity contribution in [2.24, 2.45) is 0 Å². The van der Waals surface area contributed by atoms with Crippen LogP contribution in [0.25, 0.3) is 0 Å². The van der Waals surface area contributed by atoms with E-state index in [4.69, 9.17) is 14.3 Å². The van der Waals surface area contributed by atoms with Crippen LogP contribution in [-0.2, 0) is 35.5 Å². The van der Waals surface area contributed by atoms with Gasteiger partial charge in [-0.25, -0.2) is 23.7 Å². The number of carbonyl (C=O) groups is 1. The molecule has 3 aliphatic rings. The van der Waals surface area contributed by atoms with Crippen LogP contribution in [0.3, 0.4) is 0 Å². The fourth-order valence-electron chi connectivity index (χ4n) is 4.79. The molecule has 3 saturated heterocycles. The molecule has 1 aromatic rings. The number of anilines is 1. The Morgan fingerprint density at radius 2 is 1.75 bits per heavy atom. The summed E-state index contributed by atoms with van der Waals surface area (Å²) in [4.78, 5) is 28.4. The number of halogens is 5. The zero-order valence-electron chi connectivity index (χ0n) is 21.7. The minimum absolute atomic E-state index is 0.0257. The summed E-state index contributed by atoms with van der Waals surface area (Å²) >= 11 is 0. The summed E-state index contributed by atoms with van der Waals surface area (Å²) in [6.07, 6.45) is -3.73. The van der Waals surface area contributed by atoms with E-state index in [9.17, 15) is 35.2 Å². The molecule has 1 aromatic heterocycles. The van der Waals surface area contributed by atoms with Gasteiger partial charge in [0, 0.05) is 71.7 Å². The third-order valence-corrected chi connectivity index (χ3v) is 9.96. The third-order valence-electron chi connectivity index (χ3n) is 7.33. The molecule has 4 rings (SSSR count). The Morgan fingerprint density at radius 3 is 2.33 bits per heavy atom. The van der Waals surface area contributed by atoms with E-state index < -0.39 is 51.9 Å². The van der Waals surface area contributed by atoms with Gasteiger partial charge in [0.05, 0.1) is 18.1 Å². The lowest BCUT2D eigenvalue weighted by Gasteiger charge is -2.42. The van der Waals surface area contributed by atoms with Crippen molar-refractivity contribution in [3.05, 3.63) is 18.1 Å². The maximum absolute atomic E-state index is 13.8. The second kappa shape index (κ2) is 12.3. The quantitative estimate of drug-likeness (QED) is 0.335. The van der Waals surface area contributed by atoms with Crippen molar-refractivity contribution in [1.29, 1.82) is 0 Å². The fraction of sp³-hybridized carbons (Fsp3) is 0.783. The molecule has 0 aromatic carbocycles. The highest BCUT2D eigenvalue weighted by Crippen LogP contribution is 2.39. The number of hydrogen-bond donors (Lipinski definition) is 1. The number of aromatic nitrogens is 2. The molecule has 1 unspecified atom stereocenters. The molecule has 4 heterocycles. The number of alkyl halides is 5. The second-order valence-corrected chi connectivity index (χ2v) is 12.2. The number of nitrogens with one attached hydrogen (secondary N) is 1. The molecule has 0 bridgehead atoms. The van der Waals surface area contributed by atoms with E-state index in [0.29, 0.717) is 18.8 Å². The van der Waals surface area contributed by atoms with E-state index in [0.717, 1.165) is 19.0 Å². The monoisotopic (exact) mass is 601 g/mol. The molecule has 0 aliphatic carbocycles. The highest BCUT2D eigenvalue weighted by Gasteiger charge is 2.57. The minimum Gasteiger partial charge on any atom is -0.381 e. The van der Waals surface area contributed by atoms with Crippen molar-refractivity contribution in [2.45, 2.75) is 68.1 Å². The fourth-order valence-corrected chi connectivity index (χ4v) is 6.89. The molecule has 3 aliphatic heterocycles. The average Bonchev–Trinajstić information content (AvgIpc) is 2.95. The van der Waals surface area contributed by atoms with Crippen molar-refractivity contribution < 1.29 is 49.5 Å². The van der Waals surface area contributed by atoms with Gasteiger partial charge in [0.2, 0.25) is 10.0 Å². The molecule has 226 valence electrons. The Hall–Kier alpha value is -2.21. The molecule has 40 heavy (non-hydrogen) atoms. The lowest BCUT2D eigenvalue weighted by atomic mass is 9.98. The number of nitrogens with zero attached hydrogens (tertiary/aromatic N) is 4. The zero-order valence-corrected chi connectivity index (χ0v) is 22.5. The first kappa shape index (κ1) is 30.7. The number of hydrogen-bond acceptors (Lipinski definition) is 9. The number of carbonyl (C=O) groups excluding carboxylic acids is 1. The van der Waals surface area contributed by atoms with Crippen molar-refractivity contribution in [3.8, 4) is 0 Å². The van der Waals surface area contributed by atoms with Crippen LogP contribution < -0.4 is 10.4 Å². The average molecular weight is 602 g/mol. The molecule has 1 atom stereocenters. The highest BCUT2D eigenvalue weighted by atomic mass is 32.2. The molecule has 17 heteroatoms. The van der Waals surface area contributed by atoms with Crippen LogP contribution in [0.1, 0.15) is 44.2 Å². The number of sulfonamides is 1. The summed E-state index contributed by atoms with van der Waals surface area (Å²) in [5.74, 6) is -5.28. The first-order chi connectivity index (χ1) is 18.9. The van der Waals surface area contributed by atoms with E-state index >= 15 is 0 Å². The Labute approximate surface area is 228 Å². The van der Waals surface area contributed by atoms with Gasteiger partial charge in [0.15, 0.2) is 11.0 Å². The number of rotatable bonds is 9. The molecule has 1 N–H and O–H groups in total. The number of hydroxylamine groups is 1. The summed E-state index contributed by atoms with van der Waals surface area (Å²) in [6.45, 7) is 1.12. The minimum atomic E-state index is -5.64. The maximum Gasteiger partial charge on any atom is 0.453 e. The summed E-state index contributed by atoms with van der Waals surface area (Å²) in [5, 5.41) is 0. The first-order valence-corrected chi connectivity index (χ1v) is 14.5. The molecule has 0 saturated carbocycles. The number of amides is 1. The van der Waals surface area contributed by atoms with Crippen LogP contribution >= 0.6 is 0 Å². The predicted octanol–water partition coefficient (Wildman–Crippen LogP) is 2.18. The van der Waals surface area contributed by atoms with Crippen molar-refractivity contribution in [1.82, 2.24) is 19.8 Å². The lowest BCUT2D eigenvalue weighted by molar-refractivity contribution is -0.284. The van der Waals surface area contributed by atoms with Gasteiger partial charge in [-0.2, -0.15) is 26.3 Å². The van der Waals surface area contributed by atoms with Crippen LogP contribution in [0.15, 0.2) is 12.4 Å². The number of piperazine rings is 1. The van der Waals surface area contributed by atoms with Gasteiger partial charge in [0.1, 0.15) is 5.82 Å². The molecule has 0 radical (unpaired) electrons. The standard InChI is InChI=1S/C23H32F5N5O6S/c24-22(25,23(26,27)28)5-4-17-15-30-18(16-29-17)32-8-10-33(11-9-32)40(35,36)21(6-13-37-14-7-21)20(34)31-39-19-3-1-2-12-38-19/h15-16,19H,1-14H2,(H,31,34). The predicted molar refractivity (Wildman–Crippen MR) is 130 cm³/mol. The Bertz CT molecular complexity index is 1100. The van der Waals surface area contributed by atoms with Crippen LogP contribution in [0.4, 0.5) is 27.8 Å².